The molecule has 0 bridgehead atoms. The molecule has 0 aromatic carbocycles. The molecule has 266 valence electrons. The van der Waals surface area contributed by atoms with Gasteiger partial charge in [0.2, 0.25) is 0 Å². The monoisotopic (exact) mass is 678 g/mol. The number of allylic oxidation sites excluding steroid dienone is 2. The average molecular weight is 679 g/mol. The quantitative estimate of drug-likeness (QED) is 0.0745. The predicted molar refractivity (Wildman–Crippen MR) is 158 cm³/mol. The molecule has 0 amide bonds. The Balaban J connectivity index is 0.000000470. The maximum absolute atomic E-state index is 11.2. The summed E-state index contributed by atoms with van der Waals surface area (Å²) in [7, 11) is 2.57. The molecule has 2 aliphatic rings. The molecule has 5 unspecified atom stereocenters. The van der Waals surface area contributed by atoms with E-state index in [2.05, 4.69) is 20.6 Å². The van der Waals surface area contributed by atoms with Gasteiger partial charge in [-0.1, -0.05) is 0 Å². The number of carboxylic acid groups (broad SMARTS) is 4. The normalized spacial score (nSPS) is 24.9. The van der Waals surface area contributed by atoms with Gasteiger partial charge in [0.1, 0.15) is 19.1 Å². The van der Waals surface area contributed by atoms with Gasteiger partial charge in [-0.05, 0) is 6.92 Å². The van der Waals surface area contributed by atoms with Crippen molar-refractivity contribution in [2.75, 3.05) is 47.1 Å². The molecule has 2 rings (SSSR count). The number of aliphatic hydroxyl groups excluding tert-OH is 4. The summed E-state index contributed by atoms with van der Waals surface area (Å²) in [6.45, 7) is -1.87. The second-order valence-corrected chi connectivity index (χ2v) is 10.7. The second-order valence-electron chi connectivity index (χ2n) is 10.7. The largest absolute Gasteiger partial charge is 0.493 e. The molecule has 0 radical (unpaired) electrons. The minimum atomic E-state index is -1.65. The van der Waals surface area contributed by atoms with Crippen molar-refractivity contribution < 1.29 is 79.7 Å². The molecule has 0 aliphatic heterocycles. The van der Waals surface area contributed by atoms with Gasteiger partial charge < -0.3 is 71.2 Å². The number of nitrogens with zero attached hydrogens (tertiary/aromatic N) is 2. The summed E-state index contributed by atoms with van der Waals surface area (Å²) in [6.07, 6.45) is -1.89. The first-order valence-corrected chi connectivity index (χ1v) is 13.9. The highest BCUT2D eigenvalue weighted by atomic mass is 16.5. The van der Waals surface area contributed by atoms with Gasteiger partial charge in [-0.2, -0.15) is 0 Å². The van der Waals surface area contributed by atoms with Crippen LogP contribution in [0, 0.1) is 0 Å². The lowest BCUT2D eigenvalue weighted by molar-refractivity contribution is -0.142. The maximum atomic E-state index is 11.2. The number of carbonyl (C=O) groups is 4. The van der Waals surface area contributed by atoms with Gasteiger partial charge in [0.25, 0.3) is 0 Å². The molecule has 0 heterocycles. The Morgan fingerprint density at radius 1 is 0.745 bits per heavy atom. The number of rotatable bonds is 16. The van der Waals surface area contributed by atoms with Gasteiger partial charge in [0, 0.05) is 25.7 Å². The number of methoxy groups -OCH3 is 2. The second kappa shape index (κ2) is 18.1. The first-order chi connectivity index (χ1) is 21.9. The van der Waals surface area contributed by atoms with Crippen LogP contribution >= 0.6 is 0 Å². The Labute approximate surface area is 268 Å². The highest BCUT2D eigenvalue weighted by molar-refractivity contribution is 6.02. The molecule has 0 fully saturated rings. The van der Waals surface area contributed by atoms with E-state index < -0.39 is 86.2 Å². The molecule has 2 aliphatic carbocycles. The number of hydrogen-bond donors (Lipinski definition) is 12. The first kappa shape index (κ1) is 40.7. The van der Waals surface area contributed by atoms with Crippen LogP contribution in [0.3, 0.4) is 0 Å². The Kier molecular flexibility index (Phi) is 15.7. The smallest absolute Gasteiger partial charge is 0.328 e. The van der Waals surface area contributed by atoms with Crippen molar-refractivity contribution in [2.24, 2.45) is 9.98 Å². The standard InChI is InChI=1S/C14H22N2O8.C13H20N2O8/c1-7(18)11(13(21)22)16-9-4-14(23,6-17)3-8(12(9)24-2)15-5-10(19)20;1-23-11-7(14-4-10(18)19)2-13(22,6-17)3-8(11)15-9(5-16)12(20)21/h7,11,16-18,23H,3-6H2,1-2H3,(H,19,20)(H,21,22);9,15-17,22H,2-6H2,1H3,(H,18,19)(H,20,21). The molecule has 0 spiro atoms. The molecule has 0 aromatic rings. The molecule has 20 heteroatoms. The summed E-state index contributed by atoms with van der Waals surface area (Å²) in [5, 5.41) is 98.8. The van der Waals surface area contributed by atoms with E-state index in [4.69, 9.17) is 35.0 Å². The van der Waals surface area contributed by atoms with Crippen LogP contribution in [0.25, 0.3) is 0 Å². The third kappa shape index (κ3) is 12.1. The van der Waals surface area contributed by atoms with Gasteiger partial charge in [-0.25, -0.2) is 9.59 Å². The van der Waals surface area contributed by atoms with Crippen molar-refractivity contribution in [2.45, 2.75) is 62.0 Å². The zero-order chi connectivity index (χ0) is 36.1. The predicted octanol–water partition coefficient (Wildman–Crippen LogP) is -3.77. The minimum Gasteiger partial charge on any atom is -0.493 e. The molecule has 0 saturated heterocycles. The third-order valence-corrected chi connectivity index (χ3v) is 6.79. The number of hydrogen-bond acceptors (Lipinski definition) is 16. The zero-order valence-corrected chi connectivity index (χ0v) is 25.9. The maximum Gasteiger partial charge on any atom is 0.328 e. The van der Waals surface area contributed by atoms with Gasteiger partial charge in [-0.3, -0.25) is 19.6 Å². The van der Waals surface area contributed by atoms with Crippen molar-refractivity contribution >= 4 is 35.3 Å². The fourth-order valence-corrected chi connectivity index (χ4v) is 4.57. The lowest BCUT2D eigenvalue weighted by Crippen LogP contribution is -2.49. The number of nitrogens with one attached hydrogen (secondary N) is 2. The summed E-state index contributed by atoms with van der Waals surface area (Å²) in [5.41, 5.74) is -2.90. The fraction of sp³-hybridized carbons (Fsp3) is 0.630. The van der Waals surface area contributed by atoms with Crippen molar-refractivity contribution in [1.29, 1.82) is 0 Å². The Morgan fingerprint density at radius 2 is 1.15 bits per heavy atom. The molecular weight excluding hydrogens is 636 g/mol. The summed E-state index contributed by atoms with van der Waals surface area (Å²) in [4.78, 5) is 51.3. The van der Waals surface area contributed by atoms with E-state index in [1.54, 1.807) is 0 Å². The van der Waals surface area contributed by atoms with Crippen LogP contribution in [0.1, 0.15) is 32.6 Å². The SMILES string of the molecule is COC1=C(NC(C(=O)O)C(C)O)CC(O)(CO)CC1=NCC(=O)O.COC1=C(NC(CO)C(=O)O)CC(O)(CO)CC1=NCC(=O)O. The number of aliphatic imine (C=N–C) groups is 2. The van der Waals surface area contributed by atoms with Crippen molar-refractivity contribution in [3.8, 4) is 0 Å². The number of carboxylic acids is 4. The van der Waals surface area contributed by atoms with Gasteiger partial charge in [0.05, 0.1) is 74.2 Å². The number of aliphatic hydroxyl groups is 6. The Hall–Kier alpha value is -4.34. The van der Waals surface area contributed by atoms with Crippen LogP contribution in [-0.4, -0.2) is 163 Å². The number of aliphatic carboxylic acids is 4. The van der Waals surface area contributed by atoms with Crippen molar-refractivity contribution in [1.82, 2.24) is 10.6 Å². The number of ether oxygens (including phenoxy) is 2. The summed E-state index contributed by atoms with van der Waals surface area (Å²) >= 11 is 0. The lowest BCUT2D eigenvalue weighted by atomic mass is 9.85. The third-order valence-electron chi connectivity index (χ3n) is 6.79. The molecular formula is C27H42N4O16. The van der Waals surface area contributed by atoms with E-state index in [0.717, 1.165) is 0 Å². The highest BCUT2D eigenvalue weighted by Gasteiger charge is 2.40. The Bertz CT molecular complexity index is 1280. The average Bonchev–Trinajstić information content (AvgIpc) is 2.99. The molecule has 47 heavy (non-hydrogen) atoms. The van der Waals surface area contributed by atoms with Crippen LogP contribution in [0.4, 0.5) is 0 Å². The van der Waals surface area contributed by atoms with E-state index >= 15 is 0 Å². The minimum absolute atomic E-state index is 0.0833. The van der Waals surface area contributed by atoms with Gasteiger partial charge in [-0.15, -0.1) is 0 Å². The molecule has 20 nitrogen and oxygen atoms in total. The van der Waals surface area contributed by atoms with Crippen LogP contribution in [0.5, 0.6) is 0 Å². The summed E-state index contributed by atoms with van der Waals surface area (Å²) < 4.78 is 10.3. The van der Waals surface area contributed by atoms with E-state index in [1.165, 1.54) is 21.1 Å². The van der Waals surface area contributed by atoms with Crippen LogP contribution in [0.15, 0.2) is 32.9 Å². The van der Waals surface area contributed by atoms with Crippen molar-refractivity contribution in [3.05, 3.63) is 22.9 Å². The molecule has 12 N–H and O–H groups in total. The van der Waals surface area contributed by atoms with Crippen LogP contribution in [0.2, 0.25) is 0 Å². The first-order valence-electron chi connectivity index (χ1n) is 13.9. The van der Waals surface area contributed by atoms with E-state index in [1.807, 2.05) is 0 Å². The lowest BCUT2D eigenvalue weighted by Gasteiger charge is -2.35. The summed E-state index contributed by atoms with van der Waals surface area (Å²) in [6, 6.07) is -2.73. The van der Waals surface area contributed by atoms with E-state index in [-0.39, 0.29) is 60.0 Å². The van der Waals surface area contributed by atoms with Crippen LogP contribution < -0.4 is 10.6 Å². The van der Waals surface area contributed by atoms with E-state index in [0.29, 0.717) is 0 Å². The molecule has 0 saturated carbocycles. The topological polar surface area (TPSA) is 338 Å². The fourth-order valence-electron chi connectivity index (χ4n) is 4.57. The van der Waals surface area contributed by atoms with Crippen LogP contribution in [-0.2, 0) is 28.7 Å². The molecule has 5 atom stereocenters. The zero-order valence-electron chi connectivity index (χ0n) is 25.9. The van der Waals surface area contributed by atoms with Gasteiger partial charge in [0.15, 0.2) is 17.6 Å². The summed E-state index contributed by atoms with van der Waals surface area (Å²) in [5.74, 6) is -4.87. The highest BCUT2D eigenvalue weighted by Crippen LogP contribution is 2.32. The van der Waals surface area contributed by atoms with Crippen molar-refractivity contribution in [3.63, 3.8) is 0 Å². The van der Waals surface area contributed by atoms with E-state index in [9.17, 15) is 44.7 Å². The van der Waals surface area contributed by atoms with Gasteiger partial charge >= 0.3 is 23.9 Å². The molecule has 0 aromatic heterocycles. The Morgan fingerprint density at radius 3 is 1.43 bits per heavy atom.